The van der Waals surface area contributed by atoms with E-state index in [1.807, 2.05) is 0 Å². The van der Waals surface area contributed by atoms with Crippen LogP contribution < -0.4 is 0 Å². The Kier molecular flexibility index (Phi) is 11.5. The molecule has 116 valence electrons. The summed E-state index contributed by atoms with van der Waals surface area (Å²) >= 11 is 0. The Balaban J connectivity index is 3.32. The van der Waals surface area contributed by atoms with Gasteiger partial charge in [-0.1, -0.05) is 0 Å². The van der Waals surface area contributed by atoms with E-state index in [2.05, 4.69) is 9.47 Å². The quantitative estimate of drug-likeness (QED) is 0.329. The lowest BCUT2D eigenvalue weighted by Gasteiger charge is -2.04. The minimum atomic E-state index is -0.260. The van der Waals surface area contributed by atoms with Gasteiger partial charge in [0.25, 0.3) is 0 Å². The number of methoxy groups -OCH3 is 2. The van der Waals surface area contributed by atoms with Crippen molar-refractivity contribution in [1.29, 1.82) is 0 Å². The first kappa shape index (κ1) is 18.4. The lowest BCUT2D eigenvalue weighted by Crippen LogP contribution is -2.07. The zero-order valence-corrected chi connectivity index (χ0v) is 12.3. The Hall–Kier alpha value is -1.59. The summed E-state index contributed by atoms with van der Waals surface area (Å²) in [5.41, 5.74) is 0. The molecule has 0 aliphatic heterocycles. The highest BCUT2D eigenvalue weighted by Crippen LogP contribution is 2.05. The number of hydrogen-bond donors (Lipinski definition) is 0. The van der Waals surface area contributed by atoms with E-state index in [1.54, 1.807) is 0 Å². The number of ether oxygens (including phenoxy) is 3. The fourth-order valence-electron chi connectivity index (χ4n) is 1.55. The molecule has 0 saturated heterocycles. The van der Waals surface area contributed by atoms with Crippen LogP contribution in [0.25, 0.3) is 0 Å². The molecule has 0 atom stereocenters. The van der Waals surface area contributed by atoms with E-state index in [0.29, 0.717) is 38.7 Å². The van der Waals surface area contributed by atoms with Crippen molar-refractivity contribution in [1.82, 2.24) is 0 Å². The molecule has 0 bridgehead atoms. The van der Waals surface area contributed by atoms with Crippen LogP contribution in [0, 0.1) is 0 Å². The van der Waals surface area contributed by atoms with Crippen LogP contribution in [0.5, 0.6) is 0 Å². The fourth-order valence-corrected chi connectivity index (χ4v) is 1.55. The molecular weight excluding hydrogens is 264 g/mol. The molecule has 0 heterocycles. The van der Waals surface area contributed by atoms with Gasteiger partial charge in [-0.2, -0.15) is 0 Å². The van der Waals surface area contributed by atoms with Crippen molar-refractivity contribution in [2.24, 2.45) is 0 Å². The number of esters is 3. The van der Waals surface area contributed by atoms with Crippen molar-refractivity contribution >= 4 is 17.9 Å². The molecule has 0 aliphatic rings. The molecule has 6 nitrogen and oxygen atoms in total. The van der Waals surface area contributed by atoms with Gasteiger partial charge in [0.15, 0.2) is 0 Å². The lowest BCUT2D eigenvalue weighted by molar-refractivity contribution is -0.145. The first-order chi connectivity index (χ1) is 9.60. The molecule has 6 heteroatoms. The van der Waals surface area contributed by atoms with Crippen LogP contribution in [0.15, 0.2) is 0 Å². The Morgan fingerprint density at radius 3 is 1.60 bits per heavy atom. The number of unbranched alkanes of at least 4 members (excludes halogenated alkanes) is 3. The van der Waals surface area contributed by atoms with Gasteiger partial charge in [0, 0.05) is 19.3 Å². The molecule has 20 heavy (non-hydrogen) atoms. The van der Waals surface area contributed by atoms with Gasteiger partial charge in [-0.05, 0) is 32.1 Å². The van der Waals surface area contributed by atoms with Gasteiger partial charge in [0.05, 0.1) is 20.8 Å². The van der Waals surface area contributed by atoms with Crippen molar-refractivity contribution in [2.45, 2.75) is 51.4 Å². The highest BCUT2D eigenvalue weighted by molar-refractivity contribution is 5.70. The fraction of sp³-hybridized carbons (Fsp3) is 0.786. The van der Waals surface area contributed by atoms with E-state index in [4.69, 9.17) is 4.74 Å². The van der Waals surface area contributed by atoms with Crippen LogP contribution in [-0.2, 0) is 28.6 Å². The summed E-state index contributed by atoms with van der Waals surface area (Å²) in [6.45, 7) is 0.372. The van der Waals surface area contributed by atoms with E-state index in [1.165, 1.54) is 14.2 Å². The maximum atomic E-state index is 11.3. The van der Waals surface area contributed by atoms with Gasteiger partial charge < -0.3 is 14.2 Å². The molecule has 0 rings (SSSR count). The topological polar surface area (TPSA) is 78.9 Å². The third-order valence-electron chi connectivity index (χ3n) is 2.76. The predicted octanol–water partition coefficient (Wildman–Crippen LogP) is 2.00. The van der Waals surface area contributed by atoms with Crippen molar-refractivity contribution in [3.63, 3.8) is 0 Å². The van der Waals surface area contributed by atoms with Crippen LogP contribution in [0.3, 0.4) is 0 Å². The number of carbonyl (C=O) groups is 3. The molecule has 0 amide bonds. The van der Waals surface area contributed by atoms with Gasteiger partial charge >= 0.3 is 17.9 Å². The molecule has 0 N–H and O–H groups in total. The van der Waals surface area contributed by atoms with Crippen LogP contribution in [0.1, 0.15) is 51.4 Å². The Bertz CT molecular complexity index is 300. The van der Waals surface area contributed by atoms with E-state index in [0.717, 1.165) is 19.3 Å². The van der Waals surface area contributed by atoms with Crippen LogP contribution in [-0.4, -0.2) is 38.7 Å². The van der Waals surface area contributed by atoms with Crippen molar-refractivity contribution in [3.05, 3.63) is 0 Å². The molecule has 0 spiro atoms. The Morgan fingerprint density at radius 1 is 0.650 bits per heavy atom. The van der Waals surface area contributed by atoms with E-state index >= 15 is 0 Å². The summed E-state index contributed by atoms with van der Waals surface area (Å²) in [5, 5.41) is 0. The van der Waals surface area contributed by atoms with E-state index < -0.39 is 0 Å². The summed E-state index contributed by atoms with van der Waals surface area (Å²) in [4.78, 5) is 33.0. The lowest BCUT2D eigenvalue weighted by atomic mass is 10.2. The Morgan fingerprint density at radius 2 is 1.10 bits per heavy atom. The molecule has 0 saturated carbocycles. The van der Waals surface area contributed by atoms with Crippen molar-refractivity contribution in [2.75, 3.05) is 20.8 Å². The molecule has 0 fully saturated rings. The largest absolute Gasteiger partial charge is 0.469 e. The van der Waals surface area contributed by atoms with Gasteiger partial charge in [-0.3, -0.25) is 14.4 Å². The first-order valence-corrected chi connectivity index (χ1v) is 6.89. The second kappa shape index (κ2) is 12.4. The summed E-state index contributed by atoms with van der Waals surface area (Å²) in [6.07, 6.45) is 4.60. The highest BCUT2D eigenvalue weighted by atomic mass is 16.5. The molecule has 0 unspecified atom stereocenters. The zero-order valence-electron chi connectivity index (χ0n) is 12.3. The first-order valence-electron chi connectivity index (χ1n) is 6.89. The third kappa shape index (κ3) is 11.5. The van der Waals surface area contributed by atoms with Gasteiger partial charge in [0.1, 0.15) is 0 Å². The van der Waals surface area contributed by atoms with Crippen molar-refractivity contribution in [3.8, 4) is 0 Å². The minimum absolute atomic E-state index is 0.215. The van der Waals surface area contributed by atoms with Gasteiger partial charge in [-0.15, -0.1) is 0 Å². The van der Waals surface area contributed by atoms with Gasteiger partial charge in [-0.25, -0.2) is 0 Å². The third-order valence-corrected chi connectivity index (χ3v) is 2.76. The minimum Gasteiger partial charge on any atom is -0.469 e. The summed E-state index contributed by atoms with van der Waals surface area (Å²) in [5.74, 6) is -0.723. The molecule has 0 aromatic carbocycles. The SMILES string of the molecule is COC(=O)CCCCCOC(=O)CCCCC(=O)OC. The van der Waals surface area contributed by atoms with Crippen LogP contribution in [0.4, 0.5) is 0 Å². The number of carbonyl (C=O) groups excluding carboxylic acids is 3. The monoisotopic (exact) mass is 288 g/mol. The van der Waals surface area contributed by atoms with E-state index in [9.17, 15) is 14.4 Å². The smallest absolute Gasteiger partial charge is 0.305 e. The second-order valence-electron chi connectivity index (χ2n) is 4.39. The van der Waals surface area contributed by atoms with Crippen LogP contribution in [0.2, 0.25) is 0 Å². The predicted molar refractivity (Wildman–Crippen MR) is 71.9 cm³/mol. The normalized spacial score (nSPS) is 9.90. The molecule has 0 aromatic heterocycles. The zero-order chi connectivity index (χ0) is 15.2. The summed E-state index contributed by atoms with van der Waals surface area (Å²) in [7, 11) is 2.71. The Labute approximate surface area is 119 Å². The highest BCUT2D eigenvalue weighted by Gasteiger charge is 2.05. The second-order valence-corrected chi connectivity index (χ2v) is 4.39. The average molecular weight is 288 g/mol. The van der Waals surface area contributed by atoms with Crippen molar-refractivity contribution < 1.29 is 28.6 Å². The maximum absolute atomic E-state index is 11.3. The molecule has 0 aromatic rings. The molecule has 0 radical (unpaired) electrons. The van der Waals surface area contributed by atoms with Gasteiger partial charge in [0.2, 0.25) is 0 Å². The average Bonchev–Trinajstić information content (AvgIpc) is 2.46. The van der Waals surface area contributed by atoms with E-state index in [-0.39, 0.29) is 17.9 Å². The van der Waals surface area contributed by atoms with Crippen LogP contribution >= 0.6 is 0 Å². The summed E-state index contributed by atoms with van der Waals surface area (Å²) < 4.78 is 14.1. The molecular formula is C14H24O6. The maximum Gasteiger partial charge on any atom is 0.305 e. The standard InChI is InChI=1S/C14H24O6/c1-18-12(15)8-4-3-7-11-20-14(17)10-6-5-9-13(16)19-2/h3-11H2,1-2H3. The number of hydrogen-bond acceptors (Lipinski definition) is 6. The number of rotatable bonds is 11. The summed E-state index contributed by atoms with van der Waals surface area (Å²) in [6, 6.07) is 0. The molecule has 0 aliphatic carbocycles.